The predicted octanol–water partition coefficient (Wildman–Crippen LogP) is 1.99. The summed E-state index contributed by atoms with van der Waals surface area (Å²) in [5.41, 5.74) is 1.15. The fourth-order valence-corrected chi connectivity index (χ4v) is 2.86. The van der Waals surface area contributed by atoms with Gasteiger partial charge in [0, 0.05) is 37.6 Å². The molecule has 5 nitrogen and oxygen atoms in total. The molecule has 22 heavy (non-hydrogen) atoms. The number of nitrogens with one attached hydrogen (secondary N) is 1. The first-order chi connectivity index (χ1) is 10.5. The third-order valence-electron chi connectivity index (χ3n) is 4.06. The minimum atomic E-state index is -0.375. The molecule has 2 aromatic rings. The molecule has 2 heterocycles. The van der Waals surface area contributed by atoms with Crippen molar-refractivity contribution < 1.29 is 9.18 Å². The largest absolute Gasteiger partial charge is 0.347 e. The van der Waals surface area contributed by atoms with E-state index in [1.165, 1.54) is 12.1 Å². The van der Waals surface area contributed by atoms with Crippen LogP contribution in [0.15, 0.2) is 30.6 Å². The number of hydrogen-bond donors (Lipinski definition) is 1. The van der Waals surface area contributed by atoms with Crippen LogP contribution in [0.3, 0.4) is 0 Å². The molecule has 0 radical (unpaired) electrons. The highest BCUT2D eigenvalue weighted by Crippen LogP contribution is 2.22. The van der Waals surface area contributed by atoms with Gasteiger partial charge in [0.1, 0.15) is 11.6 Å². The number of aryl methyl sites for hydroxylation is 1. The molecule has 0 unspecified atom stereocenters. The van der Waals surface area contributed by atoms with Gasteiger partial charge < -0.3 is 9.88 Å². The molecule has 3 rings (SSSR count). The average Bonchev–Trinajstić information content (AvgIpc) is 3.00. The first-order valence-corrected chi connectivity index (χ1v) is 7.30. The number of halogens is 1. The summed E-state index contributed by atoms with van der Waals surface area (Å²) < 4.78 is 13.5. The topological polar surface area (TPSA) is 52.2 Å². The Morgan fingerprint density at radius 3 is 2.86 bits per heavy atom. The van der Waals surface area contributed by atoms with Crippen molar-refractivity contribution in [2.75, 3.05) is 26.7 Å². The Kier molecular flexibility index (Phi) is 3.94. The number of rotatable bonds is 2. The maximum absolute atomic E-state index is 13.5. The van der Waals surface area contributed by atoms with Crippen LogP contribution in [0.2, 0.25) is 0 Å². The number of piperazine rings is 1. The molecule has 1 N–H and O–H groups in total. The van der Waals surface area contributed by atoms with Crippen molar-refractivity contribution in [1.29, 1.82) is 0 Å². The molecule has 0 bridgehead atoms. The van der Waals surface area contributed by atoms with Crippen LogP contribution in [0, 0.1) is 12.7 Å². The van der Waals surface area contributed by atoms with E-state index in [0.717, 1.165) is 17.9 Å². The molecule has 1 saturated heterocycles. The van der Waals surface area contributed by atoms with Crippen molar-refractivity contribution in [2.45, 2.75) is 13.0 Å². The number of aromatic amines is 1. The summed E-state index contributed by atoms with van der Waals surface area (Å²) in [5.74, 6) is 0.336. The van der Waals surface area contributed by atoms with Crippen LogP contribution in [0.4, 0.5) is 4.39 Å². The van der Waals surface area contributed by atoms with Crippen LogP contribution in [0.5, 0.6) is 0 Å². The lowest BCUT2D eigenvalue weighted by molar-refractivity contribution is 0.0534. The van der Waals surface area contributed by atoms with E-state index in [-0.39, 0.29) is 17.8 Å². The Morgan fingerprint density at radius 2 is 2.18 bits per heavy atom. The number of likely N-dealkylation sites (N-methyl/N-ethyl adjacent to an activating group) is 1. The van der Waals surface area contributed by atoms with Gasteiger partial charge in [-0.05, 0) is 37.7 Å². The number of hydrogen-bond acceptors (Lipinski definition) is 3. The quantitative estimate of drug-likeness (QED) is 0.923. The lowest BCUT2D eigenvalue weighted by Crippen LogP contribution is -2.49. The minimum Gasteiger partial charge on any atom is -0.347 e. The van der Waals surface area contributed by atoms with Gasteiger partial charge in [-0.15, -0.1) is 0 Å². The molecular formula is C16H19FN4O. The fraction of sp³-hybridized carbons (Fsp3) is 0.375. The first-order valence-electron chi connectivity index (χ1n) is 7.30. The molecule has 1 aliphatic heterocycles. The van der Waals surface area contributed by atoms with Crippen molar-refractivity contribution in [2.24, 2.45) is 0 Å². The maximum atomic E-state index is 13.5. The van der Waals surface area contributed by atoms with Crippen LogP contribution in [-0.2, 0) is 0 Å². The summed E-state index contributed by atoms with van der Waals surface area (Å²) in [6.07, 6.45) is 3.49. The van der Waals surface area contributed by atoms with E-state index in [2.05, 4.69) is 14.9 Å². The first kappa shape index (κ1) is 14.7. The van der Waals surface area contributed by atoms with Gasteiger partial charge in [-0.2, -0.15) is 0 Å². The molecule has 1 aromatic carbocycles. The number of carbonyl (C=O) groups is 1. The summed E-state index contributed by atoms with van der Waals surface area (Å²) in [6.45, 7) is 3.71. The fourth-order valence-electron chi connectivity index (χ4n) is 2.86. The number of carbonyl (C=O) groups excluding carboxylic acids is 1. The molecule has 0 spiro atoms. The summed E-state index contributed by atoms with van der Waals surface area (Å²) in [7, 11) is 2.02. The molecule has 6 heteroatoms. The second-order valence-corrected chi connectivity index (χ2v) is 5.74. The minimum absolute atomic E-state index is 0.0300. The molecule has 0 aliphatic carbocycles. The van der Waals surface area contributed by atoms with Gasteiger partial charge in [-0.1, -0.05) is 0 Å². The van der Waals surface area contributed by atoms with Crippen LogP contribution >= 0.6 is 0 Å². The van der Waals surface area contributed by atoms with E-state index in [0.29, 0.717) is 18.7 Å². The van der Waals surface area contributed by atoms with E-state index in [4.69, 9.17) is 0 Å². The Hall–Kier alpha value is -2.21. The third kappa shape index (κ3) is 2.87. The monoisotopic (exact) mass is 302 g/mol. The van der Waals surface area contributed by atoms with Crippen molar-refractivity contribution >= 4 is 5.91 Å². The summed E-state index contributed by atoms with van der Waals surface area (Å²) in [4.78, 5) is 24.0. The van der Waals surface area contributed by atoms with E-state index in [9.17, 15) is 9.18 Å². The van der Waals surface area contributed by atoms with Crippen LogP contribution in [0.1, 0.15) is 27.8 Å². The highest BCUT2D eigenvalue weighted by molar-refractivity contribution is 5.94. The molecular weight excluding hydrogens is 283 g/mol. The number of aromatic nitrogens is 2. The number of benzene rings is 1. The van der Waals surface area contributed by atoms with Crippen molar-refractivity contribution in [3.05, 3.63) is 53.4 Å². The maximum Gasteiger partial charge on any atom is 0.254 e. The lowest BCUT2D eigenvalue weighted by atomic mass is 10.1. The molecule has 1 fully saturated rings. The van der Waals surface area contributed by atoms with Gasteiger partial charge in [-0.3, -0.25) is 9.69 Å². The number of imidazole rings is 1. The smallest absolute Gasteiger partial charge is 0.254 e. The molecule has 1 atom stereocenters. The highest BCUT2D eigenvalue weighted by atomic mass is 19.1. The second kappa shape index (κ2) is 5.88. The van der Waals surface area contributed by atoms with Gasteiger partial charge >= 0.3 is 0 Å². The van der Waals surface area contributed by atoms with E-state index in [1.807, 2.05) is 7.05 Å². The van der Waals surface area contributed by atoms with Crippen molar-refractivity contribution in [1.82, 2.24) is 19.8 Å². The van der Waals surface area contributed by atoms with Crippen LogP contribution < -0.4 is 0 Å². The van der Waals surface area contributed by atoms with Crippen molar-refractivity contribution in [3.63, 3.8) is 0 Å². The summed E-state index contributed by atoms with van der Waals surface area (Å²) in [6, 6.07) is 4.48. The zero-order chi connectivity index (χ0) is 15.7. The molecule has 116 valence electrons. The SMILES string of the molecule is Cc1cc(F)cc(C(=O)N2CCN(C)[C@@H](c3ncc[nH]3)C2)c1. The normalized spacial score (nSPS) is 19.4. The van der Waals surface area contributed by atoms with E-state index >= 15 is 0 Å². The predicted molar refractivity (Wildman–Crippen MR) is 81.0 cm³/mol. The van der Waals surface area contributed by atoms with Crippen molar-refractivity contribution in [3.8, 4) is 0 Å². The summed E-state index contributed by atoms with van der Waals surface area (Å²) in [5, 5.41) is 0. The molecule has 0 saturated carbocycles. The van der Waals surface area contributed by atoms with Gasteiger partial charge in [0.25, 0.3) is 5.91 Å². The van der Waals surface area contributed by atoms with Gasteiger partial charge in [0.15, 0.2) is 0 Å². The van der Waals surface area contributed by atoms with E-state index < -0.39 is 0 Å². The van der Waals surface area contributed by atoms with Crippen LogP contribution in [-0.4, -0.2) is 52.4 Å². The van der Waals surface area contributed by atoms with Gasteiger partial charge in [0.05, 0.1) is 6.04 Å². The average molecular weight is 302 g/mol. The second-order valence-electron chi connectivity index (χ2n) is 5.74. The molecule has 1 aliphatic rings. The summed E-state index contributed by atoms with van der Waals surface area (Å²) >= 11 is 0. The number of H-pyrrole nitrogens is 1. The lowest BCUT2D eigenvalue weighted by Gasteiger charge is -2.38. The highest BCUT2D eigenvalue weighted by Gasteiger charge is 2.30. The Balaban J connectivity index is 1.81. The standard InChI is InChI=1S/C16H19FN4O/c1-11-7-12(9-13(17)8-11)16(22)21-6-5-20(2)14(10-21)15-18-3-4-19-15/h3-4,7-9,14H,5-6,10H2,1-2H3,(H,18,19)/t14-/m1/s1. The Morgan fingerprint density at radius 1 is 1.36 bits per heavy atom. The van der Waals surface area contributed by atoms with E-state index in [1.54, 1.807) is 30.3 Å². The zero-order valence-corrected chi connectivity index (χ0v) is 12.7. The van der Waals surface area contributed by atoms with Crippen LogP contribution in [0.25, 0.3) is 0 Å². The number of nitrogens with zero attached hydrogens (tertiary/aromatic N) is 3. The Bertz CT molecular complexity index is 651. The van der Waals surface area contributed by atoms with Gasteiger partial charge in [0.2, 0.25) is 0 Å². The third-order valence-corrected chi connectivity index (χ3v) is 4.06. The molecule has 1 amide bonds. The number of amides is 1. The Labute approximate surface area is 128 Å². The zero-order valence-electron chi connectivity index (χ0n) is 12.7. The van der Waals surface area contributed by atoms with Gasteiger partial charge in [-0.25, -0.2) is 9.37 Å². The molecule has 1 aromatic heterocycles.